The number of rotatable bonds is 11. The van der Waals surface area contributed by atoms with Crippen LogP contribution in [0.3, 0.4) is 0 Å². The van der Waals surface area contributed by atoms with Crippen LogP contribution in [0.4, 0.5) is 10.1 Å². The molecule has 142 valence electrons. The third-order valence-corrected chi connectivity index (χ3v) is 4.60. The van der Waals surface area contributed by atoms with Crippen molar-refractivity contribution in [1.82, 2.24) is 4.98 Å². The number of anilines is 1. The van der Waals surface area contributed by atoms with E-state index >= 15 is 0 Å². The number of benzene rings is 2. The molecule has 0 aliphatic heterocycles. The molecule has 0 fully saturated rings. The molecule has 0 bridgehead atoms. The predicted molar refractivity (Wildman–Crippen MR) is 110 cm³/mol. The summed E-state index contributed by atoms with van der Waals surface area (Å²) in [6.07, 6.45) is 8.85. The molecule has 1 heterocycles. The Kier molecular flexibility index (Phi) is 7.45. The van der Waals surface area contributed by atoms with Gasteiger partial charge in [-0.1, -0.05) is 49.9 Å². The van der Waals surface area contributed by atoms with Gasteiger partial charge in [0.1, 0.15) is 11.6 Å². The fourth-order valence-electron chi connectivity index (χ4n) is 3.15. The average Bonchev–Trinajstić information content (AvgIpc) is 2.69. The lowest BCUT2D eigenvalue weighted by molar-refractivity contribution is 0.303. The lowest BCUT2D eigenvalue weighted by Crippen LogP contribution is -2.02. The van der Waals surface area contributed by atoms with Crippen molar-refractivity contribution in [3.8, 4) is 5.75 Å². The Morgan fingerprint density at radius 3 is 2.56 bits per heavy atom. The van der Waals surface area contributed by atoms with Gasteiger partial charge in [0.05, 0.1) is 12.1 Å². The van der Waals surface area contributed by atoms with E-state index in [-0.39, 0.29) is 5.82 Å². The number of hydrogen-bond donors (Lipinski definition) is 1. The molecule has 0 spiro atoms. The van der Waals surface area contributed by atoms with E-state index in [0.29, 0.717) is 12.4 Å². The van der Waals surface area contributed by atoms with Crippen LogP contribution in [-0.4, -0.2) is 18.1 Å². The molecule has 4 heteroatoms. The van der Waals surface area contributed by atoms with Crippen LogP contribution in [0.15, 0.2) is 60.8 Å². The van der Waals surface area contributed by atoms with Crippen molar-refractivity contribution in [3.05, 3.63) is 66.6 Å². The molecule has 0 amide bonds. The molecule has 2 aromatic carbocycles. The minimum absolute atomic E-state index is 0.249. The maximum absolute atomic E-state index is 13.0. The summed E-state index contributed by atoms with van der Waals surface area (Å²) >= 11 is 0. The summed E-state index contributed by atoms with van der Waals surface area (Å²) < 4.78 is 18.6. The number of para-hydroxylation sites is 1. The van der Waals surface area contributed by atoms with Gasteiger partial charge in [-0.3, -0.25) is 4.98 Å². The van der Waals surface area contributed by atoms with Crippen molar-refractivity contribution in [2.45, 2.75) is 38.5 Å². The van der Waals surface area contributed by atoms with Crippen LogP contribution in [0.25, 0.3) is 10.9 Å². The Balaban J connectivity index is 1.23. The van der Waals surface area contributed by atoms with Gasteiger partial charge >= 0.3 is 0 Å². The van der Waals surface area contributed by atoms with Gasteiger partial charge in [0, 0.05) is 29.9 Å². The molecule has 27 heavy (non-hydrogen) atoms. The number of unbranched alkanes of at least 4 members (excludes halogenated alkanes) is 5. The molecular formula is C23H27FN2O. The maximum atomic E-state index is 13.0. The van der Waals surface area contributed by atoms with Crippen LogP contribution in [-0.2, 0) is 0 Å². The van der Waals surface area contributed by atoms with Gasteiger partial charge in [-0.2, -0.15) is 0 Å². The largest absolute Gasteiger partial charge is 0.493 e. The summed E-state index contributed by atoms with van der Waals surface area (Å²) in [6.45, 7) is 1.64. The van der Waals surface area contributed by atoms with Crippen molar-refractivity contribution in [1.29, 1.82) is 0 Å². The van der Waals surface area contributed by atoms with Gasteiger partial charge in [0.25, 0.3) is 0 Å². The lowest BCUT2D eigenvalue weighted by Gasteiger charge is -2.09. The lowest BCUT2D eigenvalue weighted by atomic mass is 10.1. The highest BCUT2D eigenvalue weighted by Crippen LogP contribution is 2.21. The summed E-state index contributed by atoms with van der Waals surface area (Å²) in [5.41, 5.74) is 2.19. The molecule has 0 saturated carbocycles. The first-order valence-corrected chi connectivity index (χ1v) is 9.79. The van der Waals surface area contributed by atoms with E-state index in [2.05, 4.69) is 16.4 Å². The molecule has 0 aliphatic rings. The van der Waals surface area contributed by atoms with Crippen LogP contribution >= 0.6 is 0 Å². The Labute approximate surface area is 160 Å². The van der Waals surface area contributed by atoms with E-state index in [0.717, 1.165) is 37.0 Å². The van der Waals surface area contributed by atoms with Gasteiger partial charge in [0.2, 0.25) is 0 Å². The smallest absolute Gasteiger partial charge is 0.126 e. The number of fused-ring (bicyclic) bond motifs is 1. The highest BCUT2D eigenvalue weighted by molar-refractivity contribution is 5.90. The monoisotopic (exact) mass is 366 g/mol. The first-order chi connectivity index (χ1) is 13.3. The third-order valence-electron chi connectivity index (χ3n) is 4.60. The Morgan fingerprint density at radius 2 is 1.67 bits per heavy atom. The first kappa shape index (κ1) is 19.2. The van der Waals surface area contributed by atoms with Crippen molar-refractivity contribution in [2.24, 2.45) is 0 Å². The van der Waals surface area contributed by atoms with Gasteiger partial charge < -0.3 is 10.1 Å². The number of nitrogens with one attached hydrogen (secondary N) is 1. The van der Waals surface area contributed by atoms with E-state index in [4.69, 9.17) is 4.74 Å². The molecule has 0 saturated heterocycles. The molecule has 1 aromatic heterocycles. The number of ether oxygens (including phenoxy) is 1. The van der Waals surface area contributed by atoms with Crippen molar-refractivity contribution in [3.63, 3.8) is 0 Å². The number of pyridine rings is 1. The summed E-state index contributed by atoms with van der Waals surface area (Å²) in [6, 6.07) is 16.6. The second kappa shape index (κ2) is 10.5. The molecule has 3 aromatic rings. The second-order valence-electron chi connectivity index (χ2n) is 6.73. The van der Waals surface area contributed by atoms with E-state index in [1.54, 1.807) is 12.1 Å². The van der Waals surface area contributed by atoms with Gasteiger partial charge in [-0.15, -0.1) is 0 Å². The minimum atomic E-state index is -0.249. The van der Waals surface area contributed by atoms with Crippen LogP contribution in [0.2, 0.25) is 0 Å². The Bertz CT molecular complexity index is 832. The van der Waals surface area contributed by atoms with Crippen molar-refractivity contribution >= 4 is 16.6 Å². The summed E-state index contributed by atoms with van der Waals surface area (Å²) in [7, 11) is 0. The zero-order valence-corrected chi connectivity index (χ0v) is 15.7. The normalized spacial score (nSPS) is 10.9. The molecule has 0 radical (unpaired) electrons. The number of hydrogen-bond acceptors (Lipinski definition) is 3. The molecule has 0 aliphatic carbocycles. The standard InChI is InChI=1S/C23H27FN2O/c24-19-10-9-11-20(18-19)27-17-8-4-2-1-3-7-15-25-23-14-16-26-22-13-6-5-12-21(22)23/h5-6,9-14,16,18H,1-4,7-8,15,17H2,(H,25,26). The van der Waals surface area contributed by atoms with Crippen molar-refractivity contribution in [2.75, 3.05) is 18.5 Å². The topological polar surface area (TPSA) is 34.1 Å². The zero-order valence-electron chi connectivity index (χ0n) is 15.7. The number of halogens is 1. The van der Waals surface area contributed by atoms with Crippen LogP contribution in [0.5, 0.6) is 5.75 Å². The zero-order chi connectivity index (χ0) is 18.7. The second-order valence-corrected chi connectivity index (χ2v) is 6.73. The molecular weight excluding hydrogens is 339 g/mol. The molecule has 3 nitrogen and oxygen atoms in total. The summed E-state index contributed by atoms with van der Waals surface area (Å²) in [5, 5.41) is 4.71. The predicted octanol–water partition coefficient (Wildman–Crippen LogP) is 6.21. The molecule has 3 rings (SSSR count). The Hall–Kier alpha value is -2.62. The van der Waals surface area contributed by atoms with E-state index in [9.17, 15) is 4.39 Å². The first-order valence-electron chi connectivity index (χ1n) is 9.79. The Morgan fingerprint density at radius 1 is 0.852 bits per heavy atom. The van der Waals surface area contributed by atoms with Crippen LogP contribution in [0.1, 0.15) is 38.5 Å². The van der Waals surface area contributed by atoms with E-state index < -0.39 is 0 Å². The van der Waals surface area contributed by atoms with Crippen LogP contribution < -0.4 is 10.1 Å². The number of nitrogens with zero attached hydrogens (tertiary/aromatic N) is 1. The quantitative estimate of drug-likeness (QED) is 0.410. The van der Waals surface area contributed by atoms with Crippen LogP contribution in [0, 0.1) is 5.82 Å². The fraction of sp³-hybridized carbons (Fsp3) is 0.348. The minimum Gasteiger partial charge on any atom is -0.493 e. The fourth-order valence-corrected chi connectivity index (χ4v) is 3.15. The van der Waals surface area contributed by atoms with E-state index in [1.165, 1.54) is 36.8 Å². The maximum Gasteiger partial charge on any atom is 0.126 e. The third kappa shape index (κ3) is 6.24. The highest BCUT2D eigenvalue weighted by atomic mass is 19.1. The molecule has 1 N–H and O–H groups in total. The SMILES string of the molecule is Fc1cccc(OCCCCCCCCNc2ccnc3ccccc23)c1. The van der Waals surface area contributed by atoms with E-state index in [1.807, 2.05) is 30.5 Å². The summed E-state index contributed by atoms with van der Waals surface area (Å²) in [4.78, 5) is 4.39. The molecule has 0 atom stereocenters. The van der Waals surface area contributed by atoms with Gasteiger partial charge in [-0.05, 0) is 37.1 Å². The highest BCUT2D eigenvalue weighted by Gasteiger charge is 2.00. The average molecular weight is 366 g/mol. The summed E-state index contributed by atoms with van der Waals surface area (Å²) in [5.74, 6) is 0.366. The van der Waals surface area contributed by atoms with Crippen molar-refractivity contribution < 1.29 is 9.13 Å². The molecule has 0 unspecified atom stereocenters. The van der Waals surface area contributed by atoms with Gasteiger partial charge in [-0.25, -0.2) is 4.39 Å². The van der Waals surface area contributed by atoms with Gasteiger partial charge in [0.15, 0.2) is 0 Å². The number of aromatic nitrogens is 1.